The molecule has 4 rings (SSSR count). The van der Waals surface area contributed by atoms with E-state index < -0.39 is 35.8 Å². The molecule has 3 aromatic rings. The number of carbonyl (C=O) groups is 1. The van der Waals surface area contributed by atoms with Crippen LogP contribution in [-0.2, 0) is 5.41 Å². The average Bonchev–Trinajstić information content (AvgIpc) is 3.18. The summed E-state index contributed by atoms with van der Waals surface area (Å²) < 4.78 is 68.0. The van der Waals surface area contributed by atoms with Gasteiger partial charge in [-0.15, -0.1) is 0 Å². The molecule has 0 bridgehead atoms. The zero-order chi connectivity index (χ0) is 29.4. The molecule has 1 aliphatic heterocycles. The number of anilines is 1. The first-order valence-corrected chi connectivity index (χ1v) is 12.4. The third-order valence-electron chi connectivity index (χ3n) is 6.68. The molecule has 11 heteroatoms. The molecular formula is C29H30F4N4O3. The van der Waals surface area contributed by atoms with E-state index in [-0.39, 0.29) is 35.0 Å². The van der Waals surface area contributed by atoms with Crippen LogP contribution in [-0.4, -0.2) is 37.3 Å². The molecule has 1 unspecified atom stereocenters. The van der Waals surface area contributed by atoms with Crippen molar-refractivity contribution in [3.8, 4) is 22.8 Å². The molecule has 0 aliphatic carbocycles. The van der Waals surface area contributed by atoms with Gasteiger partial charge in [-0.05, 0) is 55.5 Å². The Morgan fingerprint density at radius 1 is 1.23 bits per heavy atom. The molecule has 1 aliphatic rings. The Bertz CT molecular complexity index is 1460. The molecule has 0 radical (unpaired) electrons. The van der Waals surface area contributed by atoms with Crippen molar-refractivity contribution in [2.45, 2.75) is 38.3 Å². The van der Waals surface area contributed by atoms with Gasteiger partial charge in [0.1, 0.15) is 28.9 Å². The van der Waals surface area contributed by atoms with E-state index in [1.807, 2.05) is 13.8 Å². The van der Waals surface area contributed by atoms with Gasteiger partial charge >= 0.3 is 6.18 Å². The summed E-state index contributed by atoms with van der Waals surface area (Å²) in [7, 11) is 1.36. The molecule has 1 atom stereocenters. The molecule has 0 spiro atoms. The number of nitrogens with zero attached hydrogens (tertiary/aromatic N) is 1. The third kappa shape index (κ3) is 5.83. The quantitative estimate of drug-likeness (QED) is 0.259. The lowest BCUT2D eigenvalue weighted by Gasteiger charge is -2.23. The summed E-state index contributed by atoms with van der Waals surface area (Å²) in [6.45, 7) is 4.79. The highest BCUT2D eigenvalue weighted by atomic mass is 19.4. The number of nitrogens with one attached hydrogen (secondary N) is 1. The predicted molar refractivity (Wildman–Crippen MR) is 145 cm³/mol. The molecule has 0 saturated carbocycles. The lowest BCUT2D eigenvalue weighted by molar-refractivity contribution is -0.149. The second-order valence-corrected chi connectivity index (χ2v) is 10.3. The van der Waals surface area contributed by atoms with E-state index in [4.69, 9.17) is 20.9 Å². The van der Waals surface area contributed by atoms with Crippen LogP contribution >= 0.6 is 0 Å². The summed E-state index contributed by atoms with van der Waals surface area (Å²) in [6.07, 6.45) is -3.22. The number of ether oxygens (including phenoxy) is 2. The second kappa shape index (κ2) is 10.7. The number of carbonyl (C=O) groups excluding carboxylic acids is 1. The average molecular weight is 559 g/mol. The number of amides is 1. The predicted octanol–water partition coefficient (Wildman–Crippen LogP) is 5.54. The minimum absolute atomic E-state index is 0.0444. The fourth-order valence-electron chi connectivity index (χ4n) is 4.51. The normalized spacial score (nSPS) is 15.2. The molecule has 1 aromatic heterocycles. The Morgan fingerprint density at radius 3 is 2.50 bits per heavy atom. The van der Waals surface area contributed by atoms with Gasteiger partial charge in [-0.1, -0.05) is 13.8 Å². The standard InChI is InChI=1S/C29H30F4N4O3/c1-15(34)9-17-10-18(11-23(39-4)24(17)35)27(38)36-13-21(29(31,32)33)22-12-20-26(40-14-28(20,2)3)25(37-22)16-5-7-19(30)8-6-16/h5-12,21H,13-14,34-35H2,1-4H3,(H,36,38)/b15-9-. The number of fused-ring (bicyclic) bond motifs is 1. The van der Waals surface area contributed by atoms with Gasteiger partial charge in [0.15, 0.2) is 0 Å². The summed E-state index contributed by atoms with van der Waals surface area (Å²) in [4.78, 5) is 17.4. The van der Waals surface area contributed by atoms with Crippen LogP contribution < -0.4 is 26.3 Å². The molecule has 2 heterocycles. The molecule has 7 nitrogen and oxygen atoms in total. The lowest BCUT2D eigenvalue weighted by Crippen LogP contribution is -2.36. The highest BCUT2D eigenvalue weighted by Gasteiger charge is 2.44. The first-order valence-electron chi connectivity index (χ1n) is 12.4. The van der Waals surface area contributed by atoms with Gasteiger partial charge in [-0.2, -0.15) is 13.2 Å². The van der Waals surface area contributed by atoms with Gasteiger partial charge in [0.25, 0.3) is 5.91 Å². The molecule has 0 fully saturated rings. The van der Waals surface area contributed by atoms with E-state index in [2.05, 4.69) is 10.3 Å². The molecule has 40 heavy (non-hydrogen) atoms. The monoisotopic (exact) mass is 558 g/mol. The van der Waals surface area contributed by atoms with Crippen molar-refractivity contribution in [3.05, 3.63) is 76.4 Å². The van der Waals surface area contributed by atoms with E-state index in [0.29, 0.717) is 28.1 Å². The number of methoxy groups -OCH3 is 1. The van der Waals surface area contributed by atoms with E-state index >= 15 is 0 Å². The number of allylic oxidation sites excluding steroid dienone is 1. The van der Waals surface area contributed by atoms with Crippen LogP contribution in [0.4, 0.5) is 23.2 Å². The number of alkyl halides is 3. The smallest absolute Gasteiger partial charge is 0.398 e. The molecule has 212 valence electrons. The van der Waals surface area contributed by atoms with Crippen molar-refractivity contribution >= 4 is 17.7 Å². The molecule has 2 aromatic carbocycles. The van der Waals surface area contributed by atoms with Crippen molar-refractivity contribution in [1.82, 2.24) is 10.3 Å². The van der Waals surface area contributed by atoms with Gasteiger partial charge in [-0.25, -0.2) is 9.37 Å². The highest BCUT2D eigenvalue weighted by molar-refractivity contribution is 5.96. The van der Waals surface area contributed by atoms with Crippen molar-refractivity contribution in [1.29, 1.82) is 0 Å². The van der Waals surface area contributed by atoms with Crippen LogP contribution in [0, 0.1) is 5.82 Å². The van der Waals surface area contributed by atoms with E-state index in [0.717, 1.165) is 0 Å². The van der Waals surface area contributed by atoms with Crippen LogP contribution in [0.5, 0.6) is 11.5 Å². The maximum Gasteiger partial charge on any atom is 0.398 e. The fraction of sp³-hybridized carbons (Fsp3) is 0.310. The summed E-state index contributed by atoms with van der Waals surface area (Å²) in [5.74, 6) is -2.86. The Hall–Kier alpha value is -4.28. The Morgan fingerprint density at radius 2 is 1.90 bits per heavy atom. The Kier molecular flexibility index (Phi) is 7.69. The maximum atomic E-state index is 14.4. The summed E-state index contributed by atoms with van der Waals surface area (Å²) >= 11 is 0. The van der Waals surface area contributed by atoms with Gasteiger partial charge in [-0.3, -0.25) is 4.79 Å². The minimum atomic E-state index is -4.75. The first kappa shape index (κ1) is 28.7. The van der Waals surface area contributed by atoms with Crippen molar-refractivity contribution < 1.29 is 31.8 Å². The van der Waals surface area contributed by atoms with E-state index in [1.165, 1.54) is 55.7 Å². The van der Waals surface area contributed by atoms with Crippen molar-refractivity contribution in [2.75, 3.05) is 26.0 Å². The summed E-state index contributed by atoms with van der Waals surface area (Å²) in [5.41, 5.74) is 13.1. The van der Waals surface area contributed by atoms with Crippen LogP contribution in [0.25, 0.3) is 17.3 Å². The molecule has 5 N–H and O–H groups in total. The molecular weight excluding hydrogens is 528 g/mol. The van der Waals surface area contributed by atoms with Crippen molar-refractivity contribution in [3.63, 3.8) is 0 Å². The topological polar surface area (TPSA) is 112 Å². The summed E-state index contributed by atoms with van der Waals surface area (Å²) in [5, 5.41) is 2.38. The summed E-state index contributed by atoms with van der Waals surface area (Å²) in [6, 6.07) is 9.42. The Labute approximate surface area is 229 Å². The Balaban J connectivity index is 1.72. The number of nitrogen functional groups attached to an aromatic ring is 1. The zero-order valence-corrected chi connectivity index (χ0v) is 22.4. The number of hydrogen-bond donors (Lipinski definition) is 3. The minimum Gasteiger partial charge on any atom is -0.495 e. The first-order chi connectivity index (χ1) is 18.7. The lowest BCUT2D eigenvalue weighted by atomic mass is 9.85. The third-order valence-corrected chi connectivity index (χ3v) is 6.68. The number of hydrogen-bond acceptors (Lipinski definition) is 6. The van der Waals surface area contributed by atoms with Crippen LogP contribution in [0.3, 0.4) is 0 Å². The number of halogens is 4. The number of pyridine rings is 1. The van der Waals surface area contributed by atoms with Gasteiger partial charge in [0.2, 0.25) is 0 Å². The number of benzene rings is 2. The van der Waals surface area contributed by atoms with Crippen LogP contribution in [0.1, 0.15) is 53.9 Å². The molecule has 0 saturated heterocycles. The van der Waals surface area contributed by atoms with Crippen LogP contribution in [0.15, 0.2) is 48.2 Å². The fourth-order valence-corrected chi connectivity index (χ4v) is 4.51. The van der Waals surface area contributed by atoms with Gasteiger partial charge in [0, 0.05) is 39.9 Å². The molecule has 1 amide bonds. The van der Waals surface area contributed by atoms with Crippen LogP contribution in [0.2, 0.25) is 0 Å². The van der Waals surface area contributed by atoms with Gasteiger partial charge in [0.05, 0.1) is 25.1 Å². The van der Waals surface area contributed by atoms with Crippen molar-refractivity contribution in [2.24, 2.45) is 5.73 Å². The second-order valence-electron chi connectivity index (χ2n) is 10.3. The van der Waals surface area contributed by atoms with Gasteiger partial charge < -0.3 is 26.3 Å². The zero-order valence-electron chi connectivity index (χ0n) is 22.4. The van der Waals surface area contributed by atoms with E-state index in [9.17, 15) is 22.4 Å². The number of rotatable bonds is 7. The SMILES string of the molecule is COc1cc(C(=O)NCC(c2cc3c(c(-c4ccc(F)cc4)n2)OCC3(C)C)C(F)(F)F)cc(/C=C(/C)N)c1N. The highest BCUT2D eigenvalue weighted by Crippen LogP contribution is 2.46. The number of aromatic nitrogens is 1. The number of nitrogens with two attached hydrogens (primary N) is 2. The largest absolute Gasteiger partial charge is 0.495 e. The maximum absolute atomic E-state index is 14.4. The van der Waals surface area contributed by atoms with E-state index in [1.54, 1.807) is 6.92 Å².